The van der Waals surface area contributed by atoms with Gasteiger partial charge in [0.05, 0.1) is 18.2 Å². The molecule has 5 heteroatoms. The molecule has 1 rings (SSSR count). The van der Waals surface area contributed by atoms with E-state index in [0.717, 1.165) is 28.0 Å². The van der Waals surface area contributed by atoms with E-state index in [0.29, 0.717) is 19.6 Å². The molecule has 0 aliphatic carbocycles. The molecule has 4 nitrogen and oxygen atoms in total. The van der Waals surface area contributed by atoms with E-state index >= 15 is 0 Å². The van der Waals surface area contributed by atoms with E-state index < -0.39 is 0 Å². The second-order valence-electron chi connectivity index (χ2n) is 5.67. The molecule has 0 fully saturated rings. The molecule has 0 saturated heterocycles. The zero-order valence-electron chi connectivity index (χ0n) is 13.3. The highest BCUT2D eigenvalue weighted by Gasteiger charge is 2.17. The molecule has 1 aromatic carbocycles. The van der Waals surface area contributed by atoms with Gasteiger partial charge in [-0.2, -0.15) is 0 Å². The monoisotopic (exact) mass is 359 g/mol. The summed E-state index contributed by atoms with van der Waals surface area (Å²) < 4.78 is 12.0. The number of rotatable bonds is 9. The number of nitrogens with one attached hydrogen (secondary N) is 1. The molecule has 0 aliphatic heterocycles. The Morgan fingerprint density at radius 2 is 2.05 bits per heavy atom. The molecule has 0 heterocycles. The third-order valence-corrected chi connectivity index (χ3v) is 3.84. The summed E-state index contributed by atoms with van der Waals surface area (Å²) in [6, 6.07) is 4.02. The second-order valence-corrected chi connectivity index (χ2v) is 6.52. The third kappa shape index (κ3) is 5.85. The minimum absolute atomic E-state index is 0.105. The van der Waals surface area contributed by atoms with Crippen LogP contribution in [0.2, 0.25) is 0 Å². The molecule has 21 heavy (non-hydrogen) atoms. The molecule has 1 aromatic rings. The Balaban J connectivity index is 2.83. The van der Waals surface area contributed by atoms with Crippen molar-refractivity contribution >= 4 is 15.9 Å². The summed E-state index contributed by atoms with van der Waals surface area (Å²) in [5, 5.41) is 12.5. The fourth-order valence-corrected chi connectivity index (χ4v) is 2.53. The number of aliphatic hydroxyl groups excluding tert-OH is 1. The first kappa shape index (κ1) is 18.3. The Morgan fingerprint density at radius 1 is 1.33 bits per heavy atom. The van der Waals surface area contributed by atoms with E-state index in [-0.39, 0.29) is 12.1 Å². The number of hydrogen-bond acceptors (Lipinski definition) is 4. The molecular formula is C16H26BrNO3. The van der Waals surface area contributed by atoms with Crippen LogP contribution in [0.3, 0.4) is 0 Å². The van der Waals surface area contributed by atoms with Gasteiger partial charge in [0, 0.05) is 18.7 Å². The van der Waals surface area contributed by atoms with Crippen molar-refractivity contribution in [1.82, 2.24) is 5.32 Å². The van der Waals surface area contributed by atoms with Gasteiger partial charge in [-0.05, 0) is 60.3 Å². The van der Waals surface area contributed by atoms with E-state index in [9.17, 15) is 0 Å². The highest BCUT2D eigenvalue weighted by molar-refractivity contribution is 9.10. The number of aliphatic hydroxyl groups is 1. The van der Waals surface area contributed by atoms with Gasteiger partial charge in [-0.15, -0.1) is 0 Å². The Kier molecular flexibility index (Phi) is 7.49. The third-order valence-electron chi connectivity index (χ3n) is 3.25. The average Bonchev–Trinajstić information content (AvgIpc) is 2.43. The van der Waals surface area contributed by atoms with Crippen LogP contribution < -0.4 is 14.8 Å². The Morgan fingerprint density at radius 3 is 2.62 bits per heavy atom. The lowest BCUT2D eigenvalue weighted by Crippen LogP contribution is -2.39. The van der Waals surface area contributed by atoms with Gasteiger partial charge in [-0.1, -0.05) is 6.92 Å². The van der Waals surface area contributed by atoms with E-state index in [1.54, 1.807) is 7.11 Å². The van der Waals surface area contributed by atoms with Crippen molar-refractivity contribution in [2.45, 2.75) is 45.7 Å². The first-order chi connectivity index (χ1) is 9.93. The first-order valence-corrected chi connectivity index (χ1v) is 8.08. The fraction of sp³-hybridized carbons (Fsp3) is 0.625. The zero-order chi connectivity index (χ0) is 15.9. The fourth-order valence-electron chi connectivity index (χ4n) is 1.93. The molecule has 0 spiro atoms. The van der Waals surface area contributed by atoms with Gasteiger partial charge in [-0.3, -0.25) is 0 Å². The summed E-state index contributed by atoms with van der Waals surface area (Å²) in [6.45, 7) is 7.77. The molecule has 0 aliphatic rings. The van der Waals surface area contributed by atoms with Gasteiger partial charge in [0.15, 0.2) is 11.5 Å². The summed E-state index contributed by atoms with van der Waals surface area (Å²) in [4.78, 5) is 0. The molecule has 0 amide bonds. The summed E-state index contributed by atoms with van der Waals surface area (Å²) in [6.07, 6.45) is 1.66. The van der Waals surface area contributed by atoms with Crippen molar-refractivity contribution in [3.8, 4) is 11.5 Å². The molecule has 0 bridgehead atoms. The lowest BCUT2D eigenvalue weighted by Gasteiger charge is -2.26. The lowest BCUT2D eigenvalue weighted by molar-refractivity contribution is 0.230. The predicted molar refractivity (Wildman–Crippen MR) is 89.1 cm³/mol. The smallest absolute Gasteiger partial charge is 0.175 e. The Labute approximate surface area is 136 Å². The minimum Gasteiger partial charge on any atom is -0.493 e. The van der Waals surface area contributed by atoms with Crippen LogP contribution in [0.5, 0.6) is 11.5 Å². The normalized spacial score (nSPS) is 11.5. The van der Waals surface area contributed by atoms with Crippen molar-refractivity contribution in [3.63, 3.8) is 0 Å². The molecule has 0 atom stereocenters. The Hall–Kier alpha value is -0.780. The molecule has 0 aromatic heterocycles. The van der Waals surface area contributed by atoms with Crippen molar-refractivity contribution in [1.29, 1.82) is 0 Å². The molecule has 120 valence electrons. The van der Waals surface area contributed by atoms with Gasteiger partial charge < -0.3 is 19.9 Å². The van der Waals surface area contributed by atoms with Crippen LogP contribution in [-0.2, 0) is 6.54 Å². The zero-order valence-corrected chi connectivity index (χ0v) is 14.9. The number of ether oxygens (including phenoxy) is 2. The van der Waals surface area contributed by atoms with Crippen molar-refractivity contribution in [3.05, 3.63) is 22.2 Å². The minimum atomic E-state index is -0.105. The van der Waals surface area contributed by atoms with Gasteiger partial charge in [0.25, 0.3) is 0 Å². The maximum absolute atomic E-state index is 9.06. The standard InChI is InChI=1S/C16H26BrNO3/c1-5-8-21-15-13(17)9-12(10-14(15)20-4)11-18-16(2,3)6-7-19/h9-10,18-19H,5-8,11H2,1-4H3. The maximum Gasteiger partial charge on any atom is 0.175 e. The van der Waals surface area contributed by atoms with Crippen LogP contribution in [-0.4, -0.2) is 31.0 Å². The summed E-state index contributed by atoms with van der Waals surface area (Å²) in [5.74, 6) is 1.48. The van der Waals surface area contributed by atoms with Crippen LogP contribution in [0.15, 0.2) is 16.6 Å². The summed E-state index contributed by atoms with van der Waals surface area (Å²) >= 11 is 3.55. The largest absolute Gasteiger partial charge is 0.493 e. The van der Waals surface area contributed by atoms with Crippen LogP contribution in [0.1, 0.15) is 39.2 Å². The molecule has 0 unspecified atom stereocenters. The van der Waals surface area contributed by atoms with Crippen LogP contribution >= 0.6 is 15.9 Å². The number of methoxy groups -OCH3 is 1. The molecule has 0 radical (unpaired) electrons. The predicted octanol–water partition coefficient (Wildman–Crippen LogP) is 3.50. The van der Waals surface area contributed by atoms with Crippen molar-refractivity contribution in [2.24, 2.45) is 0 Å². The first-order valence-electron chi connectivity index (χ1n) is 7.28. The van der Waals surface area contributed by atoms with Gasteiger partial charge in [0.1, 0.15) is 0 Å². The van der Waals surface area contributed by atoms with Gasteiger partial charge in [0.2, 0.25) is 0 Å². The average molecular weight is 360 g/mol. The van der Waals surface area contributed by atoms with E-state index in [4.69, 9.17) is 14.6 Å². The summed E-state index contributed by atoms with van der Waals surface area (Å²) in [5.41, 5.74) is 1.000. The Bertz CT molecular complexity index is 449. The van der Waals surface area contributed by atoms with Gasteiger partial charge >= 0.3 is 0 Å². The summed E-state index contributed by atoms with van der Waals surface area (Å²) in [7, 11) is 1.65. The van der Waals surface area contributed by atoms with Crippen LogP contribution in [0.25, 0.3) is 0 Å². The van der Waals surface area contributed by atoms with Crippen molar-refractivity contribution < 1.29 is 14.6 Å². The molecule has 2 N–H and O–H groups in total. The quantitative estimate of drug-likeness (QED) is 0.708. The molecular weight excluding hydrogens is 334 g/mol. The number of hydrogen-bond donors (Lipinski definition) is 2. The van der Waals surface area contributed by atoms with Crippen molar-refractivity contribution in [2.75, 3.05) is 20.3 Å². The molecule has 0 saturated carbocycles. The lowest BCUT2D eigenvalue weighted by atomic mass is 10.0. The maximum atomic E-state index is 9.06. The number of benzene rings is 1. The van der Waals surface area contributed by atoms with E-state index in [1.165, 1.54) is 0 Å². The van der Waals surface area contributed by atoms with Crippen LogP contribution in [0.4, 0.5) is 0 Å². The highest BCUT2D eigenvalue weighted by Crippen LogP contribution is 2.36. The number of halogens is 1. The van der Waals surface area contributed by atoms with E-state index in [2.05, 4.69) is 42.0 Å². The highest BCUT2D eigenvalue weighted by atomic mass is 79.9. The SMILES string of the molecule is CCCOc1c(Br)cc(CNC(C)(C)CCO)cc1OC. The second kappa shape index (κ2) is 8.61. The van der Waals surface area contributed by atoms with Gasteiger partial charge in [-0.25, -0.2) is 0 Å². The topological polar surface area (TPSA) is 50.7 Å². The van der Waals surface area contributed by atoms with Crippen LogP contribution in [0, 0.1) is 0 Å². The van der Waals surface area contributed by atoms with E-state index in [1.807, 2.05) is 12.1 Å².